The van der Waals surface area contributed by atoms with Gasteiger partial charge in [-0.15, -0.1) is 0 Å². The summed E-state index contributed by atoms with van der Waals surface area (Å²) < 4.78 is 4.91. The van der Waals surface area contributed by atoms with E-state index in [9.17, 15) is 4.79 Å². The summed E-state index contributed by atoms with van der Waals surface area (Å²) in [7, 11) is 5.62. The molecule has 0 amide bonds. The van der Waals surface area contributed by atoms with E-state index in [-0.39, 0.29) is 11.5 Å². The van der Waals surface area contributed by atoms with Crippen molar-refractivity contribution in [3.05, 3.63) is 0 Å². The van der Waals surface area contributed by atoms with Crippen molar-refractivity contribution in [1.82, 2.24) is 9.80 Å². The van der Waals surface area contributed by atoms with Gasteiger partial charge in [0.05, 0.1) is 12.5 Å². The zero-order chi connectivity index (χ0) is 15.3. The molecule has 0 fully saturated rings. The fourth-order valence-electron chi connectivity index (χ4n) is 2.75. The van der Waals surface area contributed by atoms with Crippen molar-refractivity contribution in [2.45, 2.75) is 46.6 Å². The Kier molecular flexibility index (Phi) is 7.01. The Balaban J connectivity index is 4.77. The third-order valence-electron chi connectivity index (χ3n) is 3.67. The number of carbonyl (C=O) groups is 1. The zero-order valence-corrected chi connectivity index (χ0v) is 14.0. The predicted octanol–water partition coefficient (Wildman–Crippen LogP) is 2.24. The number of nitrogens with zero attached hydrogens (tertiary/aromatic N) is 2. The second-order valence-electron chi connectivity index (χ2n) is 6.75. The second kappa shape index (κ2) is 7.25. The largest absolute Gasteiger partial charge is 0.469 e. The lowest BCUT2D eigenvalue weighted by atomic mass is 9.79. The second-order valence-corrected chi connectivity index (χ2v) is 6.75. The van der Waals surface area contributed by atoms with Gasteiger partial charge in [0.2, 0.25) is 0 Å². The minimum absolute atomic E-state index is 0.0253. The van der Waals surface area contributed by atoms with Gasteiger partial charge in [0.1, 0.15) is 0 Å². The summed E-state index contributed by atoms with van der Waals surface area (Å²) >= 11 is 0. The van der Waals surface area contributed by atoms with Gasteiger partial charge < -0.3 is 9.64 Å². The SMILES string of the molecule is CCN(CCN(C)C)C(C)(C)CC(C)(C)C(=O)OC. The smallest absolute Gasteiger partial charge is 0.311 e. The third-order valence-corrected chi connectivity index (χ3v) is 3.67. The van der Waals surface area contributed by atoms with Crippen molar-refractivity contribution < 1.29 is 9.53 Å². The highest BCUT2D eigenvalue weighted by molar-refractivity contribution is 5.75. The Morgan fingerprint density at radius 1 is 1.11 bits per heavy atom. The van der Waals surface area contributed by atoms with E-state index in [0.29, 0.717) is 0 Å². The molecular formula is C15H32N2O2. The molecule has 0 spiro atoms. The van der Waals surface area contributed by atoms with Gasteiger partial charge in [-0.3, -0.25) is 9.69 Å². The van der Waals surface area contributed by atoms with Crippen molar-refractivity contribution in [3.63, 3.8) is 0 Å². The van der Waals surface area contributed by atoms with Gasteiger partial charge in [-0.1, -0.05) is 6.92 Å². The minimum Gasteiger partial charge on any atom is -0.469 e. The molecule has 0 saturated heterocycles. The van der Waals surface area contributed by atoms with Crippen LogP contribution in [-0.2, 0) is 9.53 Å². The predicted molar refractivity (Wildman–Crippen MR) is 80.3 cm³/mol. The Hall–Kier alpha value is -0.610. The Morgan fingerprint density at radius 2 is 1.63 bits per heavy atom. The van der Waals surface area contributed by atoms with E-state index >= 15 is 0 Å². The molecule has 0 rings (SSSR count). The Morgan fingerprint density at radius 3 is 2.00 bits per heavy atom. The summed E-state index contributed by atoms with van der Waals surface area (Å²) in [6, 6.07) is 0. The van der Waals surface area contributed by atoms with Gasteiger partial charge in [-0.05, 0) is 54.8 Å². The van der Waals surface area contributed by atoms with Gasteiger partial charge in [-0.25, -0.2) is 0 Å². The van der Waals surface area contributed by atoms with E-state index in [4.69, 9.17) is 4.74 Å². The summed E-state index contributed by atoms with van der Waals surface area (Å²) in [5, 5.41) is 0. The van der Waals surface area contributed by atoms with Gasteiger partial charge in [0, 0.05) is 18.6 Å². The van der Waals surface area contributed by atoms with Gasteiger partial charge in [0.15, 0.2) is 0 Å². The first-order valence-electron chi connectivity index (χ1n) is 7.05. The molecule has 0 aliphatic carbocycles. The standard InChI is InChI=1S/C15H32N2O2/c1-9-17(11-10-16(6)7)15(4,5)12-14(2,3)13(18)19-8/h9-12H2,1-8H3. The molecule has 0 aliphatic rings. The molecule has 0 unspecified atom stereocenters. The number of hydrogen-bond acceptors (Lipinski definition) is 4. The molecule has 4 heteroatoms. The van der Waals surface area contributed by atoms with Crippen LogP contribution in [0.5, 0.6) is 0 Å². The van der Waals surface area contributed by atoms with E-state index in [0.717, 1.165) is 26.1 Å². The van der Waals surface area contributed by atoms with Crippen LogP contribution in [0, 0.1) is 5.41 Å². The van der Waals surface area contributed by atoms with Crippen LogP contribution in [0.15, 0.2) is 0 Å². The summed E-state index contributed by atoms with van der Waals surface area (Å²) in [5.74, 6) is -0.135. The molecule has 19 heavy (non-hydrogen) atoms. The lowest BCUT2D eigenvalue weighted by Gasteiger charge is -2.42. The van der Waals surface area contributed by atoms with Crippen molar-refractivity contribution in [3.8, 4) is 0 Å². The summed E-state index contributed by atoms with van der Waals surface area (Å²) in [5.41, 5.74) is -0.480. The number of methoxy groups -OCH3 is 1. The lowest BCUT2D eigenvalue weighted by molar-refractivity contribution is -0.152. The normalized spacial score (nSPS) is 13.2. The van der Waals surface area contributed by atoms with E-state index < -0.39 is 5.41 Å². The molecule has 0 aromatic rings. The van der Waals surface area contributed by atoms with Crippen LogP contribution in [0.25, 0.3) is 0 Å². The minimum atomic E-state index is -0.455. The number of likely N-dealkylation sites (N-methyl/N-ethyl adjacent to an activating group) is 2. The van der Waals surface area contributed by atoms with Crippen LogP contribution in [0.4, 0.5) is 0 Å². The van der Waals surface area contributed by atoms with Crippen molar-refractivity contribution in [2.75, 3.05) is 40.8 Å². The number of esters is 1. The van der Waals surface area contributed by atoms with Crippen LogP contribution >= 0.6 is 0 Å². The molecule has 0 heterocycles. The summed E-state index contributed by atoms with van der Waals surface area (Å²) in [4.78, 5) is 16.5. The molecule has 0 aliphatic heterocycles. The molecule has 114 valence electrons. The fraction of sp³-hybridized carbons (Fsp3) is 0.933. The monoisotopic (exact) mass is 272 g/mol. The van der Waals surface area contributed by atoms with Gasteiger partial charge in [-0.2, -0.15) is 0 Å². The van der Waals surface area contributed by atoms with E-state index in [1.807, 2.05) is 13.8 Å². The quantitative estimate of drug-likeness (QED) is 0.634. The van der Waals surface area contributed by atoms with Gasteiger partial charge in [0.25, 0.3) is 0 Å². The molecule has 4 nitrogen and oxygen atoms in total. The fourth-order valence-corrected chi connectivity index (χ4v) is 2.75. The highest BCUT2D eigenvalue weighted by Crippen LogP contribution is 2.32. The van der Waals surface area contributed by atoms with Crippen LogP contribution < -0.4 is 0 Å². The number of ether oxygens (including phenoxy) is 1. The molecular weight excluding hydrogens is 240 g/mol. The van der Waals surface area contributed by atoms with E-state index in [2.05, 4.69) is 44.7 Å². The molecule has 0 bridgehead atoms. The molecule has 0 radical (unpaired) electrons. The maximum absolute atomic E-state index is 11.8. The Bertz CT molecular complexity index is 286. The average Bonchev–Trinajstić information content (AvgIpc) is 2.26. The van der Waals surface area contributed by atoms with Crippen molar-refractivity contribution in [2.24, 2.45) is 5.41 Å². The van der Waals surface area contributed by atoms with E-state index in [1.54, 1.807) is 0 Å². The van der Waals surface area contributed by atoms with Crippen molar-refractivity contribution in [1.29, 1.82) is 0 Å². The zero-order valence-electron chi connectivity index (χ0n) is 14.0. The lowest BCUT2D eigenvalue weighted by Crippen LogP contribution is -2.50. The first-order valence-corrected chi connectivity index (χ1v) is 7.05. The molecule has 0 N–H and O–H groups in total. The summed E-state index contributed by atoms with van der Waals surface area (Å²) in [6.45, 7) is 13.5. The van der Waals surface area contributed by atoms with Crippen molar-refractivity contribution >= 4 is 5.97 Å². The maximum Gasteiger partial charge on any atom is 0.311 e. The van der Waals surface area contributed by atoms with Gasteiger partial charge >= 0.3 is 5.97 Å². The highest BCUT2D eigenvalue weighted by Gasteiger charge is 2.38. The van der Waals surface area contributed by atoms with Crippen LogP contribution in [0.1, 0.15) is 41.0 Å². The molecule has 0 aromatic heterocycles. The third kappa shape index (κ3) is 5.91. The molecule has 0 aromatic carbocycles. The maximum atomic E-state index is 11.8. The number of rotatable bonds is 8. The number of carbonyl (C=O) groups excluding carboxylic acids is 1. The van der Waals surface area contributed by atoms with Crippen LogP contribution in [-0.4, -0.2) is 62.1 Å². The van der Waals surface area contributed by atoms with Crippen LogP contribution in [0.2, 0.25) is 0 Å². The van der Waals surface area contributed by atoms with Crippen LogP contribution in [0.3, 0.4) is 0 Å². The number of hydrogen-bond donors (Lipinski definition) is 0. The Labute approximate surface area is 119 Å². The topological polar surface area (TPSA) is 32.8 Å². The highest BCUT2D eigenvalue weighted by atomic mass is 16.5. The molecule has 0 saturated carbocycles. The average molecular weight is 272 g/mol. The first kappa shape index (κ1) is 18.4. The van der Waals surface area contributed by atoms with E-state index in [1.165, 1.54) is 7.11 Å². The molecule has 0 atom stereocenters. The summed E-state index contributed by atoms with van der Waals surface area (Å²) in [6.07, 6.45) is 0.786. The first-order chi connectivity index (χ1) is 8.56.